The van der Waals surface area contributed by atoms with E-state index >= 15 is 0 Å². The van der Waals surface area contributed by atoms with Crippen molar-refractivity contribution in [2.45, 2.75) is 37.4 Å². The van der Waals surface area contributed by atoms with Crippen molar-refractivity contribution >= 4 is 41.4 Å². The summed E-state index contributed by atoms with van der Waals surface area (Å²) in [6.07, 6.45) is 4.48. The predicted molar refractivity (Wildman–Crippen MR) is 112 cm³/mol. The average molecular weight is 458 g/mol. The number of nitrogens with two attached hydrogens (primary N) is 2. The highest BCUT2D eigenvalue weighted by Crippen LogP contribution is 2.02. The van der Waals surface area contributed by atoms with E-state index < -0.39 is 60.7 Å². The number of rotatable bonds is 14. The molecule has 9 N–H and O–H groups in total. The number of carboxylic acids is 1. The molecule has 3 atom stereocenters. The number of carboxylic acid groups (broad SMARTS) is 1. The SMILES string of the molecule is CSCCC(NC(=O)CNC(=O)C(Cc1cnc[nH]1)NC(=O)C(N)CC(N)=O)C(=O)O. The Hall–Kier alpha value is -3.13. The molecular weight excluding hydrogens is 430 g/mol. The largest absolute Gasteiger partial charge is 0.480 e. The summed E-state index contributed by atoms with van der Waals surface area (Å²) in [6.45, 7) is -0.495. The summed E-state index contributed by atoms with van der Waals surface area (Å²) in [4.78, 5) is 65.6. The maximum atomic E-state index is 12.6. The van der Waals surface area contributed by atoms with Crippen LogP contribution in [0.2, 0.25) is 0 Å². The Morgan fingerprint density at radius 2 is 1.90 bits per heavy atom. The van der Waals surface area contributed by atoms with E-state index in [9.17, 15) is 24.0 Å². The number of aromatic amines is 1. The number of hydrogen-bond donors (Lipinski definition) is 7. The quantitative estimate of drug-likeness (QED) is 0.152. The molecule has 13 nitrogen and oxygen atoms in total. The lowest BCUT2D eigenvalue weighted by atomic mass is 10.1. The Labute approximate surface area is 182 Å². The first-order valence-electron chi connectivity index (χ1n) is 9.24. The van der Waals surface area contributed by atoms with Crippen LogP contribution in [-0.2, 0) is 30.4 Å². The van der Waals surface area contributed by atoms with Crippen molar-refractivity contribution in [3.8, 4) is 0 Å². The molecule has 1 aromatic heterocycles. The number of amides is 4. The van der Waals surface area contributed by atoms with Gasteiger partial charge in [-0.15, -0.1) is 0 Å². The molecule has 14 heteroatoms. The minimum absolute atomic E-state index is 0.00789. The third-order valence-electron chi connectivity index (χ3n) is 4.04. The van der Waals surface area contributed by atoms with E-state index in [4.69, 9.17) is 16.6 Å². The number of primary amides is 1. The van der Waals surface area contributed by atoms with Gasteiger partial charge in [-0.1, -0.05) is 0 Å². The summed E-state index contributed by atoms with van der Waals surface area (Å²) in [6, 6.07) is -3.46. The lowest BCUT2D eigenvalue weighted by Crippen LogP contribution is -2.54. The number of H-pyrrole nitrogens is 1. The summed E-state index contributed by atoms with van der Waals surface area (Å²) < 4.78 is 0. The topological polar surface area (TPSA) is 222 Å². The lowest BCUT2D eigenvalue weighted by molar-refractivity contribution is -0.141. The number of nitrogens with one attached hydrogen (secondary N) is 4. The summed E-state index contributed by atoms with van der Waals surface area (Å²) in [5.74, 6) is -3.59. The Morgan fingerprint density at radius 1 is 1.19 bits per heavy atom. The van der Waals surface area contributed by atoms with Crippen LogP contribution in [0.25, 0.3) is 0 Å². The van der Waals surface area contributed by atoms with Crippen LogP contribution in [0, 0.1) is 0 Å². The second-order valence-electron chi connectivity index (χ2n) is 6.58. The van der Waals surface area contributed by atoms with Gasteiger partial charge in [0.1, 0.15) is 12.1 Å². The molecule has 1 rings (SSSR count). The summed E-state index contributed by atoms with van der Waals surface area (Å²) in [5.41, 5.74) is 11.1. The molecule has 0 fully saturated rings. The first-order valence-corrected chi connectivity index (χ1v) is 10.6. The van der Waals surface area contributed by atoms with Crippen LogP contribution < -0.4 is 27.4 Å². The fraction of sp³-hybridized carbons (Fsp3) is 0.529. The van der Waals surface area contributed by atoms with Crippen molar-refractivity contribution in [1.29, 1.82) is 0 Å². The van der Waals surface area contributed by atoms with Crippen molar-refractivity contribution < 1.29 is 29.1 Å². The number of thioether (sulfide) groups is 1. The zero-order valence-electron chi connectivity index (χ0n) is 16.9. The molecular formula is C17H27N7O6S. The van der Waals surface area contributed by atoms with E-state index in [1.54, 1.807) is 0 Å². The molecule has 0 aromatic carbocycles. The first-order chi connectivity index (χ1) is 14.6. The number of nitrogens with zero attached hydrogens (tertiary/aromatic N) is 1. The first kappa shape index (κ1) is 25.9. The lowest BCUT2D eigenvalue weighted by Gasteiger charge is -2.20. The van der Waals surface area contributed by atoms with Gasteiger partial charge < -0.3 is 37.5 Å². The minimum atomic E-state index is -1.24. The number of imidazole rings is 1. The van der Waals surface area contributed by atoms with Gasteiger partial charge in [0.2, 0.25) is 23.6 Å². The third-order valence-corrected chi connectivity index (χ3v) is 4.68. The molecule has 4 amide bonds. The second kappa shape index (κ2) is 13.2. The fourth-order valence-corrected chi connectivity index (χ4v) is 2.91. The molecule has 31 heavy (non-hydrogen) atoms. The maximum Gasteiger partial charge on any atom is 0.326 e. The van der Waals surface area contributed by atoms with Crippen LogP contribution in [0.3, 0.4) is 0 Å². The highest BCUT2D eigenvalue weighted by molar-refractivity contribution is 7.98. The Bertz CT molecular complexity index is 773. The number of carbonyl (C=O) groups excluding carboxylic acids is 4. The van der Waals surface area contributed by atoms with Crippen molar-refractivity contribution in [3.05, 3.63) is 18.2 Å². The molecule has 3 unspecified atom stereocenters. The van der Waals surface area contributed by atoms with E-state index in [1.165, 1.54) is 24.3 Å². The van der Waals surface area contributed by atoms with Crippen LogP contribution in [-0.4, -0.2) is 81.4 Å². The van der Waals surface area contributed by atoms with Crippen molar-refractivity contribution in [2.75, 3.05) is 18.6 Å². The second-order valence-corrected chi connectivity index (χ2v) is 7.56. The van der Waals surface area contributed by atoms with Crippen LogP contribution >= 0.6 is 11.8 Å². The number of aliphatic carboxylic acids is 1. The Balaban J connectivity index is 2.71. The standard InChI is InChI=1S/C17H27N7O6S/c1-31-3-2-11(17(29)30)23-14(26)7-21-16(28)12(4-9-6-20-8-22-9)24-15(27)10(18)5-13(19)25/h6,8,10-12H,2-5,7,18H2,1H3,(H2,19,25)(H,20,22)(H,21,28)(H,23,26)(H,24,27)(H,29,30). The van der Waals surface area contributed by atoms with E-state index in [0.29, 0.717) is 11.4 Å². The van der Waals surface area contributed by atoms with E-state index in [0.717, 1.165) is 0 Å². The van der Waals surface area contributed by atoms with E-state index in [-0.39, 0.29) is 12.8 Å². The molecule has 0 spiro atoms. The van der Waals surface area contributed by atoms with Crippen LogP contribution in [0.1, 0.15) is 18.5 Å². The molecule has 0 aliphatic heterocycles. The maximum absolute atomic E-state index is 12.6. The zero-order chi connectivity index (χ0) is 23.4. The molecule has 0 aliphatic carbocycles. The van der Waals surface area contributed by atoms with Gasteiger partial charge in [-0.25, -0.2) is 9.78 Å². The molecule has 0 saturated carbocycles. The Morgan fingerprint density at radius 3 is 2.45 bits per heavy atom. The monoisotopic (exact) mass is 457 g/mol. The van der Waals surface area contributed by atoms with E-state index in [2.05, 4.69) is 25.9 Å². The van der Waals surface area contributed by atoms with Gasteiger partial charge in [-0.05, 0) is 18.4 Å². The molecule has 0 aliphatic rings. The molecule has 172 valence electrons. The van der Waals surface area contributed by atoms with Crippen molar-refractivity contribution in [2.24, 2.45) is 11.5 Å². The molecule has 0 saturated heterocycles. The van der Waals surface area contributed by atoms with Gasteiger partial charge >= 0.3 is 5.97 Å². The van der Waals surface area contributed by atoms with Gasteiger partial charge in [-0.2, -0.15) is 11.8 Å². The highest BCUT2D eigenvalue weighted by Gasteiger charge is 2.26. The van der Waals surface area contributed by atoms with E-state index in [1.807, 2.05) is 6.26 Å². The van der Waals surface area contributed by atoms with Gasteiger partial charge in [0.15, 0.2) is 0 Å². The van der Waals surface area contributed by atoms with Gasteiger partial charge in [0.25, 0.3) is 0 Å². The zero-order valence-corrected chi connectivity index (χ0v) is 17.7. The third kappa shape index (κ3) is 9.95. The fourth-order valence-electron chi connectivity index (χ4n) is 2.44. The normalized spacial score (nSPS) is 13.5. The van der Waals surface area contributed by atoms with Crippen LogP contribution in [0.5, 0.6) is 0 Å². The number of aromatic nitrogens is 2. The molecule has 1 heterocycles. The molecule has 0 radical (unpaired) electrons. The molecule has 1 aromatic rings. The smallest absolute Gasteiger partial charge is 0.326 e. The van der Waals surface area contributed by atoms with Crippen LogP contribution in [0.4, 0.5) is 0 Å². The summed E-state index contributed by atoms with van der Waals surface area (Å²) in [5, 5.41) is 16.2. The van der Waals surface area contributed by atoms with Crippen LogP contribution in [0.15, 0.2) is 12.5 Å². The summed E-state index contributed by atoms with van der Waals surface area (Å²) >= 11 is 1.44. The highest BCUT2D eigenvalue weighted by atomic mass is 32.2. The van der Waals surface area contributed by atoms with Gasteiger partial charge in [0.05, 0.1) is 25.3 Å². The van der Waals surface area contributed by atoms with Crippen molar-refractivity contribution in [1.82, 2.24) is 25.9 Å². The van der Waals surface area contributed by atoms with Gasteiger partial charge in [-0.3, -0.25) is 19.2 Å². The predicted octanol–water partition coefficient (Wildman–Crippen LogP) is -2.92. The Kier molecular flexibility index (Phi) is 11.1. The summed E-state index contributed by atoms with van der Waals surface area (Å²) in [7, 11) is 0. The molecule has 0 bridgehead atoms. The number of hydrogen-bond acceptors (Lipinski definition) is 8. The van der Waals surface area contributed by atoms with Gasteiger partial charge in [0, 0.05) is 18.3 Å². The average Bonchev–Trinajstić information content (AvgIpc) is 3.21. The number of carbonyl (C=O) groups is 5. The van der Waals surface area contributed by atoms with Crippen molar-refractivity contribution in [3.63, 3.8) is 0 Å². The minimum Gasteiger partial charge on any atom is -0.480 e.